The number of sulfonamides is 1. The first-order valence-electron chi connectivity index (χ1n) is 6.32. The molecule has 0 aromatic carbocycles. The highest BCUT2D eigenvalue weighted by Gasteiger charge is 2.23. The van der Waals surface area contributed by atoms with Crippen molar-refractivity contribution in [3.05, 3.63) is 40.5 Å². The van der Waals surface area contributed by atoms with Crippen LogP contribution in [0.5, 0.6) is 0 Å². The summed E-state index contributed by atoms with van der Waals surface area (Å²) in [5.41, 5.74) is 0. The predicted molar refractivity (Wildman–Crippen MR) is 81.6 cm³/mol. The molecule has 2 N–H and O–H groups in total. The first kappa shape index (κ1) is 16.7. The highest BCUT2D eigenvalue weighted by Crippen LogP contribution is 2.21. The topological polar surface area (TPSA) is 99.9 Å². The zero-order valence-corrected chi connectivity index (χ0v) is 13.6. The largest absolute Gasteiger partial charge is 0.477 e. The quantitative estimate of drug-likeness (QED) is 0.792. The van der Waals surface area contributed by atoms with Crippen molar-refractivity contribution in [2.24, 2.45) is 0 Å². The summed E-state index contributed by atoms with van der Waals surface area (Å²) < 4.78 is 32.2. The SMILES string of the molecule is CN(C)C(CNS(=O)(=O)c1csc(C(=O)O)c1)c1ccco1. The highest BCUT2D eigenvalue weighted by molar-refractivity contribution is 7.89. The first-order chi connectivity index (χ1) is 10.3. The van der Waals surface area contributed by atoms with E-state index >= 15 is 0 Å². The Morgan fingerprint density at radius 2 is 2.23 bits per heavy atom. The minimum absolute atomic E-state index is 0.0180. The van der Waals surface area contributed by atoms with Crippen molar-refractivity contribution < 1.29 is 22.7 Å². The van der Waals surface area contributed by atoms with Gasteiger partial charge in [-0.05, 0) is 32.3 Å². The number of nitrogens with zero attached hydrogens (tertiary/aromatic N) is 1. The minimum atomic E-state index is -3.76. The maximum Gasteiger partial charge on any atom is 0.345 e. The number of hydrogen-bond acceptors (Lipinski definition) is 6. The molecular formula is C13H16N2O5S2. The highest BCUT2D eigenvalue weighted by atomic mass is 32.2. The summed E-state index contributed by atoms with van der Waals surface area (Å²) in [5, 5.41) is 10.2. The van der Waals surface area contributed by atoms with E-state index in [1.807, 2.05) is 19.0 Å². The number of thiophene rings is 1. The Bertz CT molecular complexity index is 734. The van der Waals surface area contributed by atoms with Gasteiger partial charge >= 0.3 is 5.97 Å². The Balaban J connectivity index is 2.12. The van der Waals surface area contributed by atoms with Crippen molar-refractivity contribution in [2.45, 2.75) is 10.9 Å². The average Bonchev–Trinajstić information content (AvgIpc) is 3.10. The van der Waals surface area contributed by atoms with Gasteiger partial charge in [-0.15, -0.1) is 11.3 Å². The molecule has 2 rings (SSSR count). The van der Waals surface area contributed by atoms with Crippen molar-refractivity contribution in [3.63, 3.8) is 0 Å². The van der Waals surface area contributed by atoms with E-state index < -0.39 is 16.0 Å². The second-order valence-electron chi connectivity index (χ2n) is 4.80. The van der Waals surface area contributed by atoms with E-state index in [1.165, 1.54) is 11.6 Å². The molecule has 2 aromatic rings. The molecule has 0 bridgehead atoms. The molecule has 0 amide bonds. The number of carboxylic acids is 1. The summed E-state index contributed by atoms with van der Waals surface area (Å²) in [6, 6.07) is 4.39. The molecule has 0 radical (unpaired) electrons. The number of carboxylic acid groups (broad SMARTS) is 1. The van der Waals surface area contributed by atoms with Gasteiger partial charge in [0.25, 0.3) is 0 Å². The van der Waals surface area contributed by atoms with Crippen LogP contribution in [0.2, 0.25) is 0 Å². The number of aromatic carboxylic acids is 1. The third-order valence-corrected chi connectivity index (χ3v) is 5.53. The lowest BCUT2D eigenvalue weighted by atomic mass is 10.2. The van der Waals surface area contributed by atoms with E-state index in [1.54, 1.807) is 12.1 Å². The molecule has 0 spiro atoms. The monoisotopic (exact) mass is 344 g/mol. The van der Waals surface area contributed by atoms with E-state index in [0.29, 0.717) is 5.76 Å². The van der Waals surface area contributed by atoms with Gasteiger partial charge in [0.1, 0.15) is 10.6 Å². The zero-order chi connectivity index (χ0) is 16.3. The molecule has 2 heterocycles. The Kier molecular flexibility index (Phi) is 5.01. The molecule has 22 heavy (non-hydrogen) atoms. The van der Waals surface area contributed by atoms with Crippen LogP contribution in [0.15, 0.2) is 39.2 Å². The molecule has 0 fully saturated rings. The third-order valence-electron chi connectivity index (χ3n) is 3.06. The fourth-order valence-corrected chi connectivity index (χ4v) is 4.01. The van der Waals surface area contributed by atoms with Crippen molar-refractivity contribution in [2.75, 3.05) is 20.6 Å². The van der Waals surface area contributed by atoms with E-state index in [4.69, 9.17) is 9.52 Å². The fraction of sp³-hybridized carbons (Fsp3) is 0.308. The minimum Gasteiger partial charge on any atom is -0.477 e. The van der Waals surface area contributed by atoms with E-state index in [0.717, 1.165) is 17.4 Å². The standard InChI is InChI=1S/C13H16N2O5S2/c1-15(2)10(11-4-3-5-20-11)7-14-22(18,19)9-6-12(13(16)17)21-8-9/h3-6,8,10,14H,7H2,1-2H3,(H,16,17). The molecule has 0 aliphatic heterocycles. The first-order valence-corrected chi connectivity index (χ1v) is 8.69. The van der Waals surface area contributed by atoms with Crippen molar-refractivity contribution >= 4 is 27.3 Å². The van der Waals surface area contributed by atoms with Crippen molar-refractivity contribution in [1.29, 1.82) is 0 Å². The van der Waals surface area contributed by atoms with E-state index in [-0.39, 0.29) is 22.4 Å². The summed E-state index contributed by atoms with van der Waals surface area (Å²) in [4.78, 5) is 12.6. The molecule has 0 aliphatic carbocycles. The summed E-state index contributed by atoms with van der Waals surface area (Å²) in [7, 11) is -0.136. The predicted octanol–water partition coefficient (Wildman–Crippen LogP) is 1.62. The number of hydrogen-bond donors (Lipinski definition) is 2. The molecular weight excluding hydrogens is 328 g/mol. The average molecular weight is 344 g/mol. The van der Waals surface area contributed by atoms with Crippen LogP contribution in [-0.4, -0.2) is 45.0 Å². The smallest absolute Gasteiger partial charge is 0.345 e. The molecule has 7 nitrogen and oxygen atoms in total. The van der Waals surface area contributed by atoms with Crippen LogP contribution in [0.4, 0.5) is 0 Å². The molecule has 0 saturated heterocycles. The Labute approximate surface area is 132 Å². The lowest BCUT2D eigenvalue weighted by molar-refractivity contribution is 0.0702. The van der Waals surface area contributed by atoms with Gasteiger partial charge in [-0.3, -0.25) is 4.90 Å². The van der Waals surface area contributed by atoms with Crippen LogP contribution in [0.1, 0.15) is 21.5 Å². The van der Waals surface area contributed by atoms with Crippen LogP contribution >= 0.6 is 11.3 Å². The second kappa shape index (κ2) is 6.61. The molecule has 9 heteroatoms. The van der Waals surface area contributed by atoms with Gasteiger partial charge in [-0.2, -0.15) is 0 Å². The summed E-state index contributed by atoms with van der Waals surface area (Å²) in [6.45, 7) is 0.112. The van der Waals surface area contributed by atoms with Crippen molar-refractivity contribution in [3.8, 4) is 0 Å². The number of likely N-dealkylation sites (N-methyl/N-ethyl adjacent to an activating group) is 1. The molecule has 0 saturated carbocycles. The number of nitrogens with one attached hydrogen (secondary N) is 1. The van der Waals surface area contributed by atoms with Crippen LogP contribution in [0.3, 0.4) is 0 Å². The second-order valence-corrected chi connectivity index (χ2v) is 7.48. The van der Waals surface area contributed by atoms with Gasteiger partial charge in [0.15, 0.2) is 0 Å². The van der Waals surface area contributed by atoms with Crippen molar-refractivity contribution in [1.82, 2.24) is 9.62 Å². The Morgan fingerprint density at radius 3 is 2.73 bits per heavy atom. The number of furan rings is 1. The molecule has 0 aliphatic rings. The maximum atomic E-state index is 12.2. The zero-order valence-electron chi connectivity index (χ0n) is 12.0. The molecule has 1 unspecified atom stereocenters. The van der Waals surface area contributed by atoms with Gasteiger partial charge in [-0.1, -0.05) is 0 Å². The number of carbonyl (C=O) groups is 1. The van der Waals surface area contributed by atoms with Crippen LogP contribution < -0.4 is 4.72 Å². The van der Waals surface area contributed by atoms with Gasteiger partial charge < -0.3 is 9.52 Å². The normalized spacial score (nSPS) is 13.4. The van der Waals surface area contributed by atoms with Gasteiger partial charge in [0.05, 0.1) is 17.2 Å². The third kappa shape index (κ3) is 3.74. The Hall–Kier alpha value is -1.68. The summed E-state index contributed by atoms with van der Waals surface area (Å²) in [6.07, 6.45) is 1.53. The maximum absolute atomic E-state index is 12.2. The van der Waals surface area contributed by atoms with Crippen LogP contribution in [0.25, 0.3) is 0 Å². The van der Waals surface area contributed by atoms with Crippen LogP contribution in [0, 0.1) is 0 Å². The number of rotatable bonds is 7. The summed E-state index contributed by atoms with van der Waals surface area (Å²) >= 11 is 0.875. The molecule has 1 atom stereocenters. The fourth-order valence-electron chi connectivity index (χ4n) is 1.86. The molecule has 120 valence electrons. The van der Waals surface area contributed by atoms with E-state index in [2.05, 4.69) is 4.72 Å². The summed E-state index contributed by atoms with van der Waals surface area (Å²) in [5.74, 6) is -0.502. The van der Waals surface area contributed by atoms with Gasteiger partial charge in [0, 0.05) is 11.9 Å². The Morgan fingerprint density at radius 1 is 1.50 bits per heavy atom. The van der Waals surface area contributed by atoms with E-state index in [9.17, 15) is 13.2 Å². The van der Waals surface area contributed by atoms with Gasteiger partial charge in [0.2, 0.25) is 10.0 Å². The lowest BCUT2D eigenvalue weighted by Crippen LogP contribution is -2.34. The van der Waals surface area contributed by atoms with Crippen LogP contribution in [-0.2, 0) is 10.0 Å². The lowest BCUT2D eigenvalue weighted by Gasteiger charge is -2.22. The van der Waals surface area contributed by atoms with Gasteiger partial charge in [-0.25, -0.2) is 17.9 Å². The molecule has 2 aromatic heterocycles.